The van der Waals surface area contributed by atoms with Gasteiger partial charge in [0.05, 0.1) is 23.0 Å². The van der Waals surface area contributed by atoms with E-state index in [9.17, 15) is 4.79 Å². The molecule has 0 spiro atoms. The van der Waals surface area contributed by atoms with Gasteiger partial charge in [0, 0.05) is 24.9 Å². The summed E-state index contributed by atoms with van der Waals surface area (Å²) in [5.41, 5.74) is 3.70. The number of nitrogens with zero attached hydrogens (tertiary/aromatic N) is 2. The number of halogens is 1. The second-order valence-electron chi connectivity index (χ2n) is 5.79. The Kier molecular flexibility index (Phi) is 6.20. The van der Waals surface area contributed by atoms with Gasteiger partial charge in [0.2, 0.25) is 0 Å². The van der Waals surface area contributed by atoms with E-state index in [4.69, 9.17) is 4.74 Å². The number of amides is 1. The monoisotopic (exact) mass is 413 g/mol. The van der Waals surface area contributed by atoms with E-state index < -0.39 is 0 Å². The average molecular weight is 414 g/mol. The quantitative estimate of drug-likeness (QED) is 0.634. The first kappa shape index (κ1) is 18.4. The van der Waals surface area contributed by atoms with Crippen LogP contribution in [0.5, 0.6) is 0 Å². The molecule has 2 aromatic carbocycles. The average Bonchev–Trinajstić information content (AvgIpc) is 3.12. The third-order valence-corrected chi connectivity index (χ3v) is 4.30. The summed E-state index contributed by atoms with van der Waals surface area (Å²) in [4.78, 5) is 12.3. The lowest BCUT2D eigenvalue weighted by Crippen LogP contribution is -2.22. The van der Waals surface area contributed by atoms with E-state index in [2.05, 4.69) is 26.3 Å². The van der Waals surface area contributed by atoms with Crippen LogP contribution in [0.4, 0.5) is 0 Å². The third-order valence-electron chi connectivity index (χ3n) is 3.89. The largest absolute Gasteiger partial charge is 0.377 e. The van der Waals surface area contributed by atoms with Crippen LogP contribution in [0, 0.1) is 0 Å². The Morgan fingerprint density at radius 1 is 1.12 bits per heavy atom. The highest BCUT2D eigenvalue weighted by Gasteiger charge is 2.06. The van der Waals surface area contributed by atoms with Crippen LogP contribution in [-0.2, 0) is 17.9 Å². The molecule has 0 aliphatic carbocycles. The molecule has 134 valence electrons. The molecule has 0 aliphatic rings. The molecule has 1 N–H and O–H groups in total. The number of benzene rings is 2. The molecule has 0 saturated carbocycles. The summed E-state index contributed by atoms with van der Waals surface area (Å²) in [5, 5.41) is 7.16. The van der Waals surface area contributed by atoms with Crippen molar-refractivity contribution in [2.75, 3.05) is 6.61 Å². The van der Waals surface area contributed by atoms with E-state index in [0.717, 1.165) is 21.3 Å². The molecule has 0 unspecified atom stereocenters. The molecule has 0 aliphatic heterocycles. The van der Waals surface area contributed by atoms with E-state index in [0.29, 0.717) is 25.3 Å². The van der Waals surface area contributed by atoms with E-state index in [1.165, 1.54) is 0 Å². The number of ether oxygens (including phenoxy) is 1. The molecule has 0 fully saturated rings. The van der Waals surface area contributed by atoms with Crippen molar-refractivity contribution in [1.82, 2.24) is 15.1 Å². The molecule has 3 rings (SSSR count). The summed E-state index contributed by atoms with van der Waals surface area (Å²) in [6.07, 6.45) is 3.59. The lowest BCUT2D eigenvalue weighted by molar-refractivity contribution is 0.0951. The van der Waals surface area contributed by atoms with Crippen LogP contribution in [0.2, 0.25) is 0 Å². The number of carbonyl (C=O) groups excluding carboxylic acids is 1. The molecule has 5 nitrogen and oxygen atoms in total. The minimum Gasteiger partial charge on any atom is -0.377 e. The number of aromatic nitrogens is 2. The van der Waals surface area contributed by atoms with Gasteiger partial charge in [-0.2, -0.15) is 5.10 Å². The zero-order valence-electron chi connectivity index (χ0n) is 14.5. The van der Waals surface area contributed by atoms with Crippen molar-refractivity contribution in [3.8, 4) is 5.69 Å². The van der Waals surface area contributed by atoms with Crippen LogP contribution in [0.3, 0.4) is 0 Å². The lowest BCUT2D eigenvalue weighted by atomic mass is 10.1. The van der Waals surface area contributed by atoms with Gasteiger partial charge in [-0.1, -0.05) is 24.3 Å². The minimum absolute atomic E-state index is 0.100. The van der Waals surface area contributed by atoms with E-state index in [1.807, 2.05) is 49.5 Å². The van der Waals surface area contributed by atoms with Gasteiger partial charge in [0.15, 0.2) is 0 Å². The molecular weight excluding hydrogens is 394 g/mol. The molecule has 0 bridgehead atoms. The fourth-order valence-corrected chi connectivity index (χ4v) is 2.75. The van der Waals surface area contributed by atoms with Crippen molar-refractivity contribution < 1.29 is 9.53 Å². The first-order valence-corrected chi connectivity index (χ1v) is 9.19. The van der Waals surface area contributed by atoms with Crippen molar-refractivity contribution in [3.05, 3.63) is 82.1 Å². The smallest absolute Gasteiger partial charge is 0.251 e. The maximum absolute atomic E-state index is 12.3. The fraction of sp³-hybridized carbons (Fsp3) is 0.200. The topological polar surface area (TPSA) is 56.1 Å². The molecule has 0 radical (unpaired) electrons. The summed E-state index contributed by atoms with van der Waals surface area (Å²) in [6.45, 7) is 3.78. The van der Waals surface area contributed by atoms with Gasteiger partial charge in [-0.3, -0.25) is 4.79 Å². The second kappa shape index (κ2) is 8.78. The Morgan fingerprint density at radius 2 is 1.81 bits per heavy atom. The molecule has 3 aromatic rings. The molecule has 6 heteroatoms. The highest BCUT2D eigenvalue weighted by atomic mass is 79.9. The molecule has 1 heterocycles. The standard InChI is InChI=1S/C20H20BrN3O2/c1-2-26-14-16-5-3-15(4-6-16)11-22-20(25)17-7-9-19(10-8-17)24-13-18(21)12-23-24/h3-10,12-13H,2,11,14H2,1H3,(H,22,25). The summed E-state index contributed by atoms with van der Waals surface area (Å²) >= 11 is 3.37. The van der Waals surface area contributed by atoms with Crippen LogP contribution in [0.1, 0.15) is 28.4 Å². The van der Waals surface area contributed by atoms with Gasteiger partial charge >= 0.3 is 0 Å². The Hall–Kier alpha value is -2.44. The molecular formula is C20H20BrN3O2. The Bertz CT molecular complexity index is 858. The molecule has 1 amide bonds. The Labute approximate surface area is 161 Å². The van der Waals surface area contributed by atoms with Crippen LogP contribution >= 0.6 is 15.9 Å². The SMILES string of the molecule is CCOCc1ccc(CNC(=O)c2ccc(-n3cc(Br)cn3)cc2)cc1. The van der Waals surface area contributed by atoms with Crippen molar-refractivity contribution in [3.63, 3.8) is 0 Å². The second-order valence-corrected chi connectivity index (χ2v) is 6.70. The zero-order valence-corrected chi connectivity index (χ0v) is 16.1. The normalized spacial score (nSPS) is 10.7. The predicted molar refractivity (Wildman–Crippen MR) is 104 cm³/mol. The van der Waals surface area contributed by atoms with Crippen molar-refractivity contribution in [2.45, 2.75) is 20.1 Å². The first-order chi connectivity index (χ1) is 12.7. The Balaban J connectivity index is 1.56. The summed E-state index contributed by atoms with van der Waals surface area (Å²) in [5.74, 6) is -0.100. The van der Waals surface area contributed by atoms with Crippen molar-refractivity contribution in [2.24, 2.45) is 0 Å². The summed E-state index contributed by atoms with van der Waals surface area (Å²) in [6, 6.07) is 15.4. The molecule has 0 saturated heterocycles. The summed E-state index contributed by atoms with van der Waals surface area (Å²) in [7, 11) is 0. The number of carbonyl (C=O) groups is 1. The molecule has 26 heavy (non-hydrogen) atoms. The number of nitrogens with one attached hydrogen (secondary N) is 1. The molecule has 1 aromatic heterocycles. The third kappa shape index (κ3) is 4.80. The number of hydrogen-bond acceptors (Lipinski definition) is 3. The van der Waals surface area contributed by atoms with Gasteiger partial charge in [-0.15, -0.1) is 0 Å². The number of rotatable bonds is 7. The predicted octanol–water partition coefficient (Wildman–Crippen LogP) is 4.10. The van der Waals surface area contributed by atoms with Gasteiger partial charge in [-0.05, 0) is 58.2 Å². The van der Waals surface area contributed by atoms with E-state index in [1.54, 1.807) is 23.0 Å². The fourth-order valence-electron chi connectivity index (χ4n) is 2.47. The lowest BCUT2D eigenvalue weighted by Gasteiger charge is -2.08. The zero-order chi connectivity index (χ0) is 18.4. The highest BCUT2D eigenvalue weighted by Crippen LogP contribution is 2.13. The van der Waals surface area contributed by atoms with Gasteiger partial charge in [0.25, 0.3) is 5.91 Å². The summed E-state index contributed by atoms with van der Waals surface area (Å²) < 4.78 is 8.03. The number of hydrogen-bond donors (Lipinski definition) is 1. The molecule has 0 atom stereocenters. The maximum atomic E-state index is 12.3. The minimum atomic E-state index is -0.100. The van der Waals surface area contributed by atoms with Crippen molar-refractivity contribution >= 4 is 21.8 Å². The van der Waals surface area contributed by atoms with Crippen LogP contribution in [0.25, 0.3) is 5.69 Å². The Morgan fingerprint density at radius 3 is 2.42 bits per heavy atom. The van der Waals surface area contributed by atoms with Crippen LogP contribution in [0.15, 0.2) is 65.4 Å². The van der Waals surface area contributed by atoms with E-state index >= 15 is 0 Å². The van der Waals surface area contributed by atoms with Gasteiger partial charge < -0.3 is 10.1 Å². The first-order valence-electron chi connectivity index (χ1n) is 8.40. The van der Waals surface area contributed by atoms with Gasteiger partial charge in [-0.25, -0.2) is 4.68 Å². The van der Waals surface area contributed by atoms with Crippen molar-refractivity contribution in [1.29, 1.82) is 0 Å². The van der Waals surface area contributed by atoms with Crippen LogP contribution < -0.4 is 5.32 Å². The highest BCUT2D eigenvalue weighted by molar-refractivity contribution is 9.10. The van der Waals surface area contributed by atoms with Gasteiger partial charge in [0.1, 0.15) is 0 Å². The van der Waals surface area contributed by atoms with Crippen LogP contribution in [-0.4, -0.2) is 22.3 Å². The maximum Gasteiger partial charge on any atom is 0.251 e. The van der Waals surface area contributed by atoms with E-state index in [-0.39, 0.29) is 5.91 Å².